The Hall–Kier alpha value is -0.740. The lowest BCUT2D eigenvalue weighted by Crippen LogP contribution is -2.21. The van der Waals surface area contributed by atoms with E-state index < -0.39 is 0 Å². The number of rotatable bonds is 5. The maximum atomic E-state index is 9.03. The van der Waals surface area contributed by atoms with Gasteiger partial charge in [-0.05, 0) is 24.8 Å². The Balaban J connectivity index is 2.73. The lowest BCUT2D eigenvalue weighted by molar-refractivity contribution is 0.280. The molecule has 0 radical (unpaired) electrons. The van der Waals surface area contributed by atoms with Gasteiger partial charge in [0.05, 0.1) is 6.61 Å². The van der Waals surface area contributed by atoms with Gasteiger partial charge < -0.3 is 10.0 Å². The zero-order valence-corrected chi connectivity index (χ0v) is 10.3. The van der Waals surface area contributed by atoms with E-state index >= 15 is 0 Å². The van der Waals surface area contributed by atoms with Crippen molar-refractivity contribution in [2.45, 2.75) is 13.5 Å². The van der Waals surface area contributed by atoms with Crippen molar-refractivity contribution >= 4 is 17.6 Å². The quantitative estimate of drug-likeness (QED) is 0.829. The van der Waals surface area contributed by atoms with Crippen LogP contribution >= 0.6 is 11.8 Å². The largest absolute Gasteiger partial charge is 0.392 e. The van der Waals surface area contributed by atoms with E-state index in [1.807, 2.05) is 37.9 Å². The van der Waals surface area contributed by atoms with Crippen LogP contribution in [0.4, 0.5) is 5.82 Å². The minimum absolute atomic E-state index is 0.0631. The Morgan fingerprint density at radius 3 is 2.73 bits per heavy atom. The highest BCUT2D eigenvalue weighted by atomic mass is 32.2. The van der Waals surface area contributed by atoms with Crippen LogP contribution in [-0.2, 0) is 6.61 Å². The van der Waals surface area contributed by atoms with E-state index in [-0.39, 0.29) is 6.61 Å². The summed E-state index contributed by atoms with van der Waals surface area (Å²) < 4.78 is 0. The fraction of sp³-hybridized carbons (Fsp3) is 0.545. The summed E-state index contributed by atoms with van der Waals surface area (Å²) in [4.78, 5) is 6.58. The zero-order valence-electron chi connectivity index (χ0n) is 9.53. The predicted molar refractivity (Wildman–Crippen MR) is 66.5 cm³/mol. The molecule has 0 unspecified atom stereocenters. The number of nitrogens with zero attached hydrogens (tertiary/aromatic N) is 2. The maximum absolute atomic E-state index is 9.03. The molecule has 4 heteroatoms. The minimum atomic E-state index is 0.0631. The fourth-order valence-corrected chi connectivity index (χ4v) is 1.76. The Bertz CT molecular complexity index is 317. The van der Waals surface area contributed by atoms with Gasteiger partial charge in [0.15, 0.2) is 0 Å². The first-order valence-electron chi connectivity index (χ1n) is 4.96. The number of aryl methyl sites for hydroxylation is 1. The summed E-state index contributed by atoms with van der Waals surface area (Å²) in [7, 11) is 2.04. The average molecular weight is 226 g/mol. The van der Waals surface area contributed by atoms with E-state index in [2.05, 4.69) is 16.1 Å². The highest BCUT2D eigenvalue weighted by molar-refractivity contribution is 7.98. The van der Waals surface area contributed by atoms with E-state index in [0.29, 0.717) is 0 Å². The molecule has 0 spiro atoms. The first kappa shape index (κ1) is 12.3. The predicted octanol–water partition coefficient (Wildman–Crippen LogP) is 1.68. The molecule has 1 aromatic rings. The number of aliphatic hydroxyl groups excluding tert-OH is 1. The Morgan fingerprint density at radius 2 is 2.20 bits per heavy atom. The lowest BCUT2D eigenvalue weighted by Gasteiger charge is -2.18. The van der Waals surface area contributed by atoms with Crippen LogP contribution in [0.2, 0.25) is 0 Å². The summed E-state index contributed by atoms with van der Waals surface area (Å²) >= 11 is 1.83. The molecule has 0 aliphatic rings. The monoisotopic (exact) mass is 226 g/mol. The molecule has 84 valence electrons. The highest BCUT2D eigenvalue weighted by Crippen LogP contribution is 2.13. The highest BCUT2D eigenvalue weighted by Gasteiger charge is 2.04. The Labute approximate surface area is 95.5 Å². The SMILES string of the molecule is CSCCN(C)c1ccc(CO)c(C)n1. The van der Waals surface area contributed by atoms with Crippen molar-refractivity contribution in [1.82, 2.24) is 4.98 Å². The van der Waals surface area contributed by atoms with Crippen molar-refractivity contribution < 1.29 is 5.11 Å². The van der Waals surface area contributed by atoms with Crippen LogP contribution in [-0.4, -0.2) is 35.7 Å². The Kier molecular flexibility index (Phi) is 4.91. The molecule has 0 saturated carbocycles. The molecule has 3 nitrogen and oxygen atoms in total. The molecule has 0 bridgehead atoms. The van der Waals surface area contributed by atoms with Crippen molar-refractivity contribution in [1.29, 1.82) is 0 Å². The van der Waals surface area contributed by atoms with E-state index in [9.17, 15) is 0 Å². The van der Waals surface area contributed by atoms with E-state index in [4.69, 9.17) is 5.11 Å². The molecular formula is C11H18N2OS. The second kappa shape index (κ2) is 5.98. The van der Waals surface area contributed by atoms with Gasteiger partial charge in [0.25, 0.3) is 0 Å². The summed E-state index contributed by atoms with van der Waals surface area (Å²) in [5.41, 5.74) is 1.81. The van der Waals surface area contributed by atoms with E-state index in [1.165, 1.54) is 0 Å². The molecule has 0 aliphatic carbocycles. The van der Waals surface area contributed by atoms with Gasteiger partial charge >= 0.3 is 0 Å². The molecule has 1 N–H and O–H groups in total. The topological polar surface area (TPSA) is 36.4 Å². The number of aromatic nitrogens is 1. The van der Waals surface area contributed by atoms with Crippen LogP contribution in [0.1, 0.15) is 11.3 Å². The number of aliphatic hydroxyl groups is 1. The third-order valence-electron chi connectivity index (χ3n) is 2.37. The van der Waals surface area contributed by atoms with Gasteiger partial charge in [0.2, 0.25) is 0 Å². The van der Waals surface area contributed by atoms with Crippen molar-refractivity contribution in [3.8, 4) is 0 Å². The van der Waals surface area contributed by atoms with Gasteiger partial charge in [-0.1, -0.05) is 6.07 Å². The molecule has 1 aromatic heterocycles. The summed E-state index contributed by atoms with van der Waals surface area (Å²) in [6.45, 7) is 2.98. The van der Waals surface area contributed by atoms with Crippen LogP contribution in [0.5, 0.6) is 0 Å². The molecule has 15 heavy (non-hydrogen) atoms. The van der Waals surface area contributed by atoms with Crippen LogP contribution < -0.4 is 4.90 Å². The second-order valence-corrected chi connectivity index (χ2v) is 4.47. The van der Waals surface area contributed by atoms with Crippen molar-refractivity contribution in [3.05, 3.63) is 23.4 Å². The van der Waals surface area contributed by atoms with E-state index in [1.54, 1.807) is 0 Å². The maximum Gasteiger partial charge on any atom is 0.128 e. The summed E-state index contributed by atoms with van der Waals surface area (Å²) in [6.07, 6.45) is 2.10. The van der Waals surface area contributed by atoms with Gasteiger partial charge in [-0.15, -0.1) is 0 Å². The number of anilines is 1. The fourth-order valence-electron chi connectivity index (χ4n) is 1.30. The number of pyridine rings is 1. The normalized spacial score (nSPS) is 10.4. The first-order valence-corrected chi connectivity index (χ1v) is 6.36. The first-order chi connectivity index (χ1) is 7.19. The molecule has 1 rings (SSSR count). The molecular weight excluding hydrogens is 208 g/mol. The third-order valence-corrected chi connectivity index (χ3v) is 2.96. The summed E-state index contributed by atoms with van der Waals surface area (Å²) in [5, 5.41) is 9.03. The average Bonchev–Trinajstić information content (AvgIpc) is 2.25. The van der Waals surface area contributed by atoms with Gasteiger partial charge in [-0.3, -0.25) is 0 Å². The van der Waals surface area contributed by atoms with Gasteiger partial charge in [0.1, 0.15) is 5.82 Å². The molecule has 0 aliphatic heterocycles. The summed E-state index contributed by atoms with van der Waals surface area (Å²) in [5.74, 6) is 2.07. The smallest absolute Gasteiger partial charge is 0.128 e. The van der Waals surface area contributed by atoms with Crippen LogP contribution in [0.3, 0.4) is 0 Å². The minimum Gasteiger partial charge on any atom is -0.392 e. The number of hydrogen-bond acceptors (Lipinski definition) is 4. The van der Waals surface area contributed by atoms with Gasteiger partial charge in [0, 0.05) is 25.0 Å². The molecule has 1 heterocycles. The van der Waals surface area contributed by atoms with Crippen LogP contribution in [0, 0.1) is 6.92 Å². The van der Waals surface area contributed by atoms with Crippen LogP contribution in [0.25, 0.3) is 0 Å². The van der Waals surface area contributed by atoms with E-state index in [0.717, 1.165) is 29.4 Å². The molecule has 0 aromatic carbocycles. The zero-order chi connectivity index (χ0) is 11.3. The third kappa shape index (κ3) is 3.39. The van der Waals surface area contributed by atoms with Crippen LogP contribution in [0.15, 0.2) is 12.1 Å². The van der Waals surface area contributed by atoms with Crippen molar-refractivity contribution in [3.63, 3.8) is 0 Å². The number of hydrogen-bond donors (Lipinski definition) is 1. The van der Waals surface area contributed by atoms with Gasteiger partial charge in [-0.25, -0.2) is 4.98 Å². The molecule has 0 fully saturated rings. The van der Waals surface area contributed by atoms with Crippen molar-refractivity contribution in [2.24, 2.45) is 0 Å². The standard InChI is InChI=1S/C11H18N2OS/c1-9-10(8-14)4-5-11(12-9)13(2)6-7-15-3/h4-5,14H,6-8H2,1-3H3. The Morgan fingerprint density at radius 1 is 1.47 bits per heavy atom. The summed E-state index contributed by atoms with van der Waals surface area (Å²) in [6, 6.07) is 3.89. The van der Waals surface area contributed by atoms with Crippen molar-refractivity contribution in [2.75, 3.05) is 30.5 Å². The number of thioether (sulfide) groups is 1. The lowest BCUT2D eigenvalue weighted by atomic mass is 10.2. The second-order valence-electron chi connectivity index (χ2n) is 3.49. The van der Waals surface area contributed by atoms with Gasteiger partial charge in [-0.2, -0.15) is 11.8 Å². The molecule has 0 saturated heterocycles. The molecule has 0 amide bonds. The molecule has 0 atom stereocenters.